The molecule has 0 spiro atoms. The van der Waals surface area contributed by atoms with Crippen LogP contribution in [0.1, 0.15) is 45.1 Å². The van der Waals surface area contributed by atoms with E-state index in [1.807, 2.05) is 13.8 Å². The highest BCUT2D eigenvalue weighted by Gasteiger charge is 2.26. The molecule has 0 aromatic heterocycles. The van der Waals surface area contributed by atoms with Crippen LogP contribution in [-0.4, -0.2) is 49.2 Å². The molecular weight excluding hydrogens is 523 g/mol. The SMILES string of the molecule is CCNC(=NCc1ccc(S(=O)(=O)NC)cc1)NC1CCCC(S(=O)CC)C1.I. The van der Waals surface area contributed by atoms with Crippen molar-refractivity contribution in [1.82, 2.24) is 15.4 Å². The molecular formula is C19H33IN4O3S2. The van der Waals surface area contributed by atoms with E-state index in [4.69, 9.17) is 0 Å². The minimum Gasteiger partial charge on any atom is -0.357 e. The Morgan fingerprint density at radius 3 is 2.48 bits per heavy atom. The Morgan fingerprint density at radius 2 is 1.90 bits per heavy atom. The van der Waals surface area contributed by atoms with Gasteiger partial charge in [0, 0.05) is 34.4 Å². The van der Waals surface area contributed by atoms with Crippen molar-refractivity contribution in [2.45, 2.75) is 62.3 Å². The van der Waals surface area contributed by atoms with Gasteiger partial charge in [-0.2, -0.15) is 0 Å². The van der Waals surface area contributed by atoms with Crippen molar-refractivity contribution in [3.8, 4) is 0 Å². The van der Waals surface area contributed by atoms with Gasteiger partial charge in [-0.15, -0.1) is 24.0 Å². The number of halogens is 1. The Kier molecular flexibility index (Phi) is 11.7. The van der Waals surface area contributed by atoms with E-state index in [-0.39, 0.29) is 40.2 Å². The molecule has 1 fully saturated rings. The molecule has 0 amide bonds. The van der Waals surface area contributed by atoms with Crippen molar-refractivity contribution in [2.24, 2.45) is 4.99 Å². The van der Waals surface area contributed by atoms with Crippen LogP contribution >= 0.6 is 24.0 Å². The third kappa shape index (κ3) is 8.14. The zero-order chi connectivity index (χ0) is 20.6. The van der Waals surface area contributed by atoms with Crippen LogP contribution in [0.3, 0.4) is 0 Å². The highest BCUT2D eigenvalue weighted by atomic mass is 127. The molecule has 3 unspecified atom stereocenters. The van der Waals surface area contributed by atoms with Gasteiger partial charge in [-0.1, -0.05) is 25.5 Å². The normalized spacial score (nSPS) is 21.1. The second-order valence-corrected chi connectivity index (χ2v) is 10.7. The minimum atomic E-state index is -3.42. The van der Waals surface area contributed by atoms with Gasteiger partial charge in [0.25, 0.3) is 0 Å². The molecule has 1 saturated carbocycles. The van der Waals surface area contributed by atoms with Crippen LogP contribution in [0.4, 0.5) is 0 Å². The van der Waals surface area contributed by atoms with Crippen LogP contribution in [0.2, 0.25) is 0 Å². The van der Waals surface area contributed by atoms with E-state index in [9.17, 15) is 12.6 Å². The summed E-state index contributed by atoms with van der Waals surface area (Å²) in [5.74, 6) is 1.45. The number of nitrogens with zero attached hydrogens (tertiary/aromatic N) is 1. The van der Waals surface area contributed by atoms with E-state index in [0.29, 0.717) is 12.3 Å². The molecule has 0 saturated heterocycles. The second-order valence-electron chi connectivity index (χ2n) is 6.85. The van der Waals surface area contributed by atoms with Gasteiger partial charge in [0.1, 0.15) is 0 Å². The molecule has 0 heterocycles. The predicted molar refractivity (Wildman–Crippen MR) is 131 cm³/mol. The third-order valence-corrected chi connectivity index (χ3v) is 8.06. The molecule has 7 nitrogen and oxygen atoms in total. The zero-order valence-corrected chi connectivity index (χ0v) is 21.3. The molecule has 1 aliphatic rings. The topological polar surface area (TPSA) is 99.7 Å². The first-order chi connectivity index (χ1) is 13.4. The zero-order valence-electron chi connectivity index (χ0n) is 17.3. The maximum Gasteiger partial charge on any atom is 0.240 e. The van der Waals surface area contributed by atoms with Crippen LogP contribution in [-0.2, 0) is 27.4 Å². The highest BCUT2D eigenvalue weighted by molar-refractivity contribution is 14.0. The van der Waals surface area contributed by atoms with Crippen molar-refractivity contribution in [3.05, 3.63) is 29.8 Å². The van der Waals surface area contributed by atoms with Crippen molar-refractivity contribution in [1.29, 1.82) is 0 Å². The first-order valence-corrected chi connectivity index (χ1v) is 12.7. The molecule has 166 valence electrons. The molecule has 0 bridgehead atoms. The summed E-state index contributed by atoms with van der Waals surface area (Å²) in [4.78, 5) is 4.87. The van der Waals surface area contributed by atoms with E-state index < -0.39 is 20.8 Å². The number of nitrogens with one attached hydrogen (secondary N) is 3. The third-order valence-electron chi connectivity index (χ3n) is 4.89. The summed E-state index contributed by atoms with van der Waals surface area (Å²) >= 11 is 0. The van der Waals surface area contributed by atoms with Crippen molar-refractivity contribution < 1.29 is 12.6 Å². The smallest absolute Gasteiger partial charge is 0.240 e. The van der Waals surface area contributed by atoms with Gasteiger partial charge in [0.2, 0.25) is 10.0 Å². The Hall–Kier alpha value is -0.720. The standard InChI is InChI=1S/C19H32N4O3S2.HI/c1-4-21-19(23-16-7-6-8-17(13-16)27(24)5-2)22-14-15-9-11-18(12-10-15)28(25,26)20-3;/h9-12,16-17,20H,4-8,13-14H2,1-3H3,(H2,21,22,23);1H. The van der Waals surface area contributed by atoms with E-state index in [2.05, 4.69) is 20.3 Å². The Balaban J connectivity index is 0.00000420. The number of benzene rings is 1. The maximum atomic E-state index is 12.1. The molecule has 3 N–H and O–H groups in total. The van der Waals surface area contributed by atoms with Crippen molar-refractivity contribution in [3.63, 3.8) is 0 Å². The van der Waals surface area contributed by atoms with E-state index in [0.717, 1.165) is 43.8 Å². The van der Waals surface area contributed by atoms with Crippen LogP contribution in [0, 0.1) is 0 Å². The molecule has 0 radical (unpaired) electrons. The lowest BCUT2D eigenvalue weighted by Gasteiger charge is -2.30. The maximum absolute atomic E-state index is 12.1. The average molecular weight is 557 g/mol. The first kappa shape index (κ1) is 26.3. The fourth-order valence-corrected chi connectivity index (χ4v) is 5.40. The lowest BCUT2D eigenvalue weighted by Crippen LogP contribution is -2.46. The molecule has 0 aliphatic heterocycles. The van der Waals surface area contributed by atoms with Gasteiger partial charge >= 0.3 is 0 Å². The summed E-state index contributed by atoms with van der Waals surface area (Å²) in [6, 6.07) is 7.00. The molecule has 1 aromatic carbocycles. The lowest BCUT2D eigenvalue weighted by atomic mass is 9.95. The summed E-state index contributed by atoms with van der Waals surface area (Å²) < 4.78 is 38.1. The summed E-state index contributed by atoms with van der Waals surface area (Å²) in [7, 11) is -2.78. The fraction of sp³-hybridized carbons (Fsp3) is 0.632. The Bertz CT molecular complexity index is 785. The van der Waals surface area contributed by atoms with E-state index in [1.54, 1.807) is 24.3 Å². The Labute approximate surface area is 194 Å². The van der Waals surface area contributed by atoms with Gasteiger partial charge in [-0.05, 0) is 50.9 Å². The van der Waals surface area contributed by atoms with Crippen molar-refractivity contribution >= 4 is 50.8 Å². The van der Waals surface area contributed by atoms with Gasteiger partial charge < -0.3 is 10.6 Å². The molecule has 1 aromatic rings. The molecule has 2 rings (SSSR count). The number of sulfonamides is 1. The summed E-state index contributed by atoms with van der Waals surface area (Å²) in [5.41, 5.74) is 0.931. The van der Waals surface area contributed by atoms with E-state index in [1.165, 1.54) is 7.05 Å². The van der Waals surface area contributed by atoms with Crippen LogP contribution in [0.5, 0.6) is 0 Å². The van der Waals surface area contributed by atoms with Crippen LogP contribution < -0.4 is 15.4 Å². The first-order valence-electron chi connectivity index (χ1n) is 9.84. The quantitative estimate of drug-likeness (QED) is 0.260. The number of hydrogen-bond donors (Lipinski definition) is 3. The van der Waals surface area contributed by atoms with Gasteiger partial charge in [-0.25, -0.2) is 18.1 Å². The number of rotatable bonds is 8. The molecule has 3 atom stereocenters. The second kappa shape index (κ2) is 12.9. The van der Waals surface area contributed by atoms with Gasteiger partial charge in [0.15, 0.2) is 5.96 Å². The minimum absolute atomic E-state index is 0. The number of guanidine groups is 1. The predicted octanol–water partition coefficient (Wildman–Crippen LogP) is 2.35. The largest absolute Gasteiger partial charge is 0.357 e. The van der Waals surface area contributed by atoms with Crippen molar-refractivity contribution in [2.75, 3.05) is 19.3 Å². The average Bonchev–Trinajstić information content (AvgIpc) is 2.72. The number of aliphatic imine (C=N–C) groups is 1. The summed E-state index contributed by atoms with van der Waals surface area (Å²) in [6.45, 7) is 5.20. The van der Waals surface area contributed by atoms with Gasteiger partial charge in [-0.3, -0.25) is 4.21 Å². The molecule has 1 aliphatic carbocycles. The monoisotopic (exact) mass is 556 g/mol. The lowest BCUT2D eigenvalue weighted by molar-refractivity contribution is 0.413. The van der Waals surface area contributed by atoms with Crippen LogP contribution in [0.25, 0.3) is 0 Å². The molecule has 10 heteroatoms. The number of hydrogen-bond acceptors (Lipinski definition) is 4. The fourth-order valence-electron chi connectivity index (χ4n) is 3.33. The summed E-state index contributed by atoms with van der Waals surface area (Å²) in [5, 5.41) is 7.00. The summed E-state index contributed by atoms with van der Waals surface area (Å²) in [6.07, 6.45) is 4.07. The molecule has 29 heavy (non-hydrogen) atoms. The Morgan fingerprint density at radius 1 is 1.21 bits per heavy atom. The van der Waals surface area contributed by atoms with Crippen LogP contribution in [0.15, 0.2) is 34.2 Å². The highest BCUT2D eigenvalue weighted by Crippen LogP contribution is 2.23. The van der Waals surface area contributed by atoms with E-state index >= 15 is 0 Å². The van der Waals surface area contributed by atoms with Gasteiger partial charge in [0.05, 0.1) is 11.4 Å².